The quantitative estimate of drug-likeness (QED) is 0.371. The molecule has 172 valence electrons. The van der Waals surface area contributed by atoms with Gasteiger partial charge >= 0.3 is 0 Å². The molecule has 1 aliphatic carbocycles. The van der Waals surface area contributed by atoms with Crippen molar-refractivity contribution in [3.63, 3.8) is 0 Å². The highest BCUT2D eigenvalue weighted by Crippen LogP contribution is 2.35. The van der Waals surface area contributed by atoms with E-state index in [1.165, 1.54) is 36.7 Å². The minimum absolute atomic E-state index is 0.247. The van der Waals surface area contributed by atoms with Gasteiger partial charge < -0.3 is 9.47 Å². The molecule has 1 amide bonds. The Kier molecular flexibility index (Phi) is 7.96. The van der Waals surface area contributed by atoms with Gasteiger partial charge in [-0.3, -0.25) is 10.1 Å². The lowest BCUT2D eigenvalue weighted by atomic mass is 9.90. The van der Waals surface area contributed by atoms with Crippen LogP contribution in [0.15, 0.2) is 48.5 Å². The average molecular weight is 484 g/mol. The third-order valence-electron chi connectivity index (χ3n) is 5.55. The fourth-order valence-corrected chi connectivity index (χ4v) is 4.81. The van der Waals surface area contributed by atoms with Crippen LogP contribution in [0.2, 0.25) is 5.02 Å². The van der Waals surface area contributed by atoms with Gasteiger partial charge in [0.1, 0.15) is 11.6 Å². The normalized spacial score (nSPS) is 14.4. The lowest BCUT2D eigenvalue weighted by Crippen LogP contribution is -2.07. The molecule has 0 spiro atoms. The van der Waals surface area contributed by atoms with Crippen molar-refractivity contribution in [2.75, 3.05) is 12.4 Å². The molecule has 1 fully saturated rings. The third-order valence-corrected chi connectivity index (χ3v) is 6.80. The number of hydrogen-bond acceptors (Lipinski definition) is 6. The lowest BCUT2D eigenvalue weighted by molar-refractivity contribution is -0.111. The zero-order chi connectivity index (χ0) is 23.0. The van der Waals surface area contributed by atoms with Crippen LogP contribution in [0, 0.1) is 0 Å². The lowest BCUT2D eigenvalue weighted by Gasteiger charge is -2.18. The molecule has 2 aromatic carbocycles. The van der Waals surface area contributed by atoms with Crippen molar-refractivity contribution in [1.29, 1.82) is 0 Å². The van der Waals surface area contributed by atoms with Crippen molar-refractivity contribution in [1.82, 2.24) is 10.2 Å². The van der Waals surface area contributed by atoms with Crippen molar-refractivity contribution < 1.29 is 14.3 Å². The van der Waals surface area contributed by atoms with E-state index in [2.05, 4.69) is 15.5 Å². The van der Waals surface area contributed by atoms with E-state index >= 15 is 0 Å². The van der Waals surface area contributed by atoms with Gasteiger partial charge in [-0.1, -0.05) is 60.4 Å². The minimum Gasteiger partial charge on any atom is -0.493 e. The molecular formula is C25H26ClN3O3S. The largest absolute Gasteiger partial charge is 0.493 e. The fourth-order valence-electron chi connectivity index (χ4n) is 3.77. The Morgan fingerprint density at radius 2 is 1.91 bits per heavy atom. The van der Waals surface area contributed by atoms with Gasteiger partial charge in [0.25, 0.3) is 0 Å². The first-order valence-electron chi connectivity index (χ1n) is 11.0. The van der Waals surface area contributed by atoms with Crippen LogP contribution in [-0.4, -0.2) is 23.2 Å². The first kappa shape index (κ1) is 23.3. The van der Waals surface area contributed by atoms with Gasteiger partial charge in [-0.05, 0) is 54.3 Å². The van der Waals surface area contributed by atoms with E-state index in [9.17, 15) is 4.79 Å². The smallest absolute Gasteiger partial charge is 0.250 e. The van der Waals surface area contributed by atoms with E-state index in [0.29, 0.717) is 34.2 Å². The Hall–Kier alpha value is -2.90. The number of nitrogens with one attached hydrogen (secondary N) is 1. The zero-order valence-electron chi connectivity index (χ0n) is 18.4. The molecule has 8 heteroatoms. The second-order valence-electron chi connectivity index (χ2n) is 7.93. The predicted octanol–water partition coefficient (Wildman–Crippen LogP) is 6.48. The second kappa shape index (κ2) is 11.3. The summed E-state index contributed by atoms with van der Waals surface area (Å²) < 4.78 is 11.3. The molecule has 1 heterocycles. The van der Waals surface area contributed by atoms with E-state index in [-0.39, 0.29) is 5.91 Å². The summed E-state index contributed by atoms with van der Waals surface area (Å²) >= 11 is 7.39. The van der Waals surface area contributed by atoms with Crippen LogP contribution in [0.4, 0.5) is 5.13 Å². The van der Waals surface area contributed by atoms with Crippen molar-refractivity contribution in [2.24, 2.45) is 0 Å². The summed E-state index contributed by atoms with van der Waals surface area (Å²) in [5.74, 6) is 1.44. The van der Waals surface area contributed by atoms with Crippen LogP contribution < -0.4 is 14.8 Å². The van der Waals surface area contributed by atoms with Gasteiger partial charge in [-0.2, -0.15) is 0 Å². The van der Waals surface area contributed by atoms with Gasteiger partial charge in [-0.15, -0.1) is 10.2 Å². The van der Waals surface area contributed by atoms with Crippen molar-refractivity contribution in [3.8, 4) is 11.5 Å². The number of methoxy groups -OCH3 is 1. The first-order chi connectivity index (χ1) is 16.1. The molecule has 6 nitrogen and oxygen atoms in total. The number of hydrogen-bond donors (Lipinski definition) is 1. The van der Waals surface area contributed by atoms with Crippen molar-refractivity contribution in [3.05, 3.63) is 69.7 Å². The summed E-state index contributed by atoms with van der Waals surface area (Å²) in [5.41, 5.74) is 1.83. The highest BCUT2D eigenvalue weighted by Gasteiger charge is 2.20. The predicted molar refractivity (Wildman–Crippen MR) is 132 cm³/mol. The summed E-state index contributed by atoms with van der Waals surface area (Å²) in [6.07, 6.45) is 9.29. The van der Waals surface area contributed by atoms with Gasteiger partial charge in [0.15, 0.2) is 11.5 Å². The highest BCUT2D eigenvalue weighted by atomic mass is 35.5. The van der Waals surface area contributed by atoms with E-state index in [4.69, 9.17) is 21.1 Å². The van der Waals surface area contributed by atoms with E-state index in [1.807, 2.05) is 42.5 Å². The number of carbonyl (C=O) groups excluding carboxylic acids is 1. The van der Waals surface area contributed by atoms with Crippen molar-refractivity contribution in [2.45, 2.75) is 44.6 Å². The number of benzene rings is 2. The maximum absolute atomic E-state index is 12.4. The molecule has 33 heavy (non-hydrogen) atoms. The highest BCUT2D eigenvalue weighted by molar-refractivity contribution is 7.15. The van der Waals surface area contributed by atoms with Gasteiger partial charge in [0.2, 0.25) is 11.0 Å². The molecular weight excluding hydrogens is 458 g/mol. The molecule has 0 bridgehead atoms. The minimum atomic E-state index is -0.247. The summed E-state index contributed by atoms with van der Waals surface area (Å²) in [6.45, 7) is 0.399. The van der Waals surface area contributed by atoms with Crippen LogP contribution in [0.1, 0.15) is 54.2 Å². The van der Waals surface area contributed by atoms with Crippen LogP contribution in [-0.2, 0) is 11.4 Å². The Balaban J connectivity index is 1.34. The number of rotatable bonds is 8. The van der Waals surface area contributed by atoms with Gasteiger partial charge in [0.05, 0.1) is 7.11 Å². The van der Waals surface area contributed by atoms with Gasteiger partial charge in [-0.25, -0.2) is 0 Å². The van der Waals surface area contributed by atoms with Crippen molar-refractivity contribution >= 4 is 40.1 Å². The van der Waals surface area contributed by atoms with Crippen LogP contribution in [0.5, 0.6) is 11.5 Å². The molecule has 3 aromatic rings. The summed E-state index contributed by atoms with van der Waals surface area (Å²) in [5, 5.41) is 13.5. The first-order valence-corrected chi connectivity index (χ1v) is 12.2. The fraction of sp³-hybridized carbons (Fsp3) is 0.320. The molecule has 4 rings (SSSR count). The number of aromatic nitrogens is 2. The summed E-state index contributed by atoms with van der Waals surface area (Å²) in [6, 6.07) is 13.0. The Labute approximate surface area is 202 Å². The zero-order valence-corrected chi connectivity index (χ0v) is 20.0. The second-order valence-corrected chi connectivity index (χ2v) is 9.37. The molecule has 0 aliphatic heterocycles. The van der Waals surface area contributed by atoms with Crippen LogP contribution in [0.3, 0.4) is 0 Å². The van der Waals surface area contributed by atoms with Crippen LogP contribution in [0.25, 0.3) is 6.08 Å². The molecule has 1 aliphatic rings. The standard InChI is InChI=1S/C25H26ClN3O3S/c1-31-22-15-17(9-13-21(22)32-16-18-7-11-20(26)12-8-18)10-14-23(30)27-25-29-28-24(33-25)19-5-3-2-4-6-19/h7-15,19H,2-6,16H2,1H3,(H,27,29,30)/b14-10+. The SMILES string of the molecule is COc1cc(/C=C/C(=O)Nc2nnc(C3CCCCC3)s2)ccc1OCc1ccc(Cl)cc1. The van der Waals surface area contributed by atoms with E-state index in [1.54, 1.807) is 13.2 Å². The van der Waals surface area contributed by atoms with E-state index in [0.717, 1.165) is 29.0 Å². The topological polar surface area (TPSA) is 73.3 Å². The Bertz CT molecular complexity index is 1110. The average Bonchev–Trinajstić information content (AvgIpc) is 3.31. The summed E-state index contributed by atoms with van der Waals surface area (Å²) in [4.78, 5) is 12.4. The third kappa shape index (κ3) is 6.55. The molecule has 0 atom stereocenters. The molecule has 0 unspecified atom stereocenters. The number of halogens is 1. The number of carbonyl (C=O) groups is 1. The van der Waals surface area contributed by atoms with E-state index < -0.39 is 0 Å². The molecule has 1 N–H and O–H groups in total. The monoisotopic (exact) mass is 483 g/mol. The maximum atomic E-state index is 12.4. The number of ether oxygens (including phenoxy) is 2. The number of anilines is 1. The molecule has 0 saturated heterocycles. The Morgan fingerprint density at radius 3 is 2.67 bits per heavy atom. The maximum Gasteiger partial charge on any atom is 0.250 e. The number of amides is 1. The van der Waals surface area contributed by atoms with Gasteiger partial charge in [0, 0.05) is 17.0 Å². The number of nitrogens with zero attached hydrogens (tertiary/aromatic N) is 2. The van der Waals surface area contributed by atoms with Crippen LogP contribution >= 0.6 is 22.9 Å². The molecule has 0 radical (unpaired) electrons. The Morgan fingerprint density at radius 1 is 1.12 bits per heavy atom. The molecule has 1 aromatic heterocycles. The summed E-state index contributed by atoms with van der Waals surface area (Å²) in [7, 11) is 1.59. The molecule has 1 saturated carbocycles.